The lowest BCUT2D eigenvalue weighted by molar-refractivity contribution is 1.08. The van der Waals surface area contributed by atoms with Gasteiger partial charge in [0, 0.05) is 12.0 Å². The third-order valence-electron chi connectivity index (χ3n) is 2.28. The van der Waals surface area contributed by atoms with Crippen LogP contribution in [0.15, 0.2) is 18.2 Å². The molecule has 0 nitrogen and oxygen atoms in total. The quantitative estimate of drug-likeness (QED) is 0.619. The summed E-state index contributed by atoms with van der Waals surface area (Å²) in [6, 6.07) is 6.67. The molecular formula is C14H18. The molecule has 0 N–H and O–H groups in total. The van der Waals surface area contributed by atoms with E-state index in [1.54, 1.807) is 0 Å². The van der Waals surface area contributed by atoms with Crippen molar-refractivity contribution in [1.29, 1.82) is 0 Å². The summed E-state index contributed by atoms with van der Waals surface area (Å²) in [7, 11) is 0. The molecule has 1 rings (SSSR count). The van der Waals surface area contributed by atoms with Crippen LogP contribution in [0.3, 0.4) is 0 Å². The lowest BCUT2D eigenvalue weighted by atomic mass is 10.0. The SMILES string of the molecule is CCC#Cc1cc(CC)cc(CC)c1. The van der Waals surface area contributed by atoms with Crippen LogP contribution in [0.5, 0.6) is 0 Å². The van der Waals surface area contributed by atoms with E-state index in [1.165, 1.54) is 16.7 Å². The van der Waals surface area contributed by atoms with E-state index in [4.69, 9.17) is 0 Å². The fourth-order valence-corrected chi connectivity index (χ4v) is 1.43. The third kappa shape index (κ3) is 2.92. The van der Waals surface area contributed by atoms with Gasteiger partial charge in [-0.2, -0.15) is 0 Å². The minimum atomic E-state index is 0.928. The van der Waals surface area contributed by atoms with Crippen molar-refractivity contribution in [2.45, 2.75) is 40.0 Å². The van der Waals surface area contributed by atoms with E-state index >= 15 is 0 Å². The second kappa shape index (κ2) is 5.50. The average molecular weight is 186 g/mol. The first-order chi connectivity index (χ1) is 6.80. The number of benzene rings is 1. The summed E-state index contributed by atoms with van der Waals surface area (Å²) in [6.45, 7) is 6.45. The van der Waals surface area contributed by atoms with E-state index < -0.39 is 0 Å². The highest BCUT2D eigenvalue weighted by Gasteiger charge is 1.96. The molecule has 0 saturated heterocycles. The maximum Gasteiger partial charge on any atom is 0.0250 e. The van der Waals surface area contributed by atoms with Gasteiger partial charge in [-0.1, -0.05) is 38.7 Å². The summed E-state index contributed by atoms with van der Waals surface area (Å²) in [5.74, 6) is 6.31. The molecule has 0 aromatic heterocycles. The van der Waals surface area contributed by atoms with Gasteiger partial charge in [-0.15, -0.1) is 0 Å². The van der Waals surface area contributed by atoms with Gasteiger partial charge in [0.05, 0.1) is 0 Å². The fourth-order valence-electron chi connectivity index (χ4n) is 1.43. The van der Waals surface area contributed by atoms with Gasteiger partial charge in [0.25, 0.3) is 0 Å². The minimum Gasteiger partial charge on any atom is -0.0982 e. The van der Waals surface area contributed by atoms with Crippen molar-refractivity contribution in [2.75, 3.05) is 0 Å². The molecule has 0 fully saturated rings. The monoisotopic (exact) mass is 186 g/mol. The molecule has 0 atom stereocenters. The first-order valence-corrected chi connectivity index (χ1v) is 5.41. The van der Waals surface area contributed by atoms with Crippen molar-refractivity contribution in [3.05, 3.63) is 34.9 Å². The van der Waals surface area contributed by atoms with Crippen LogP contribution in [0.2, 0.25) is 0 Å². The van der Waals surface area contributed by atoms with Crippen molar-refractivity contribution in [3.8, 4) is 11.8 Å². The highest BCUT2D eigenvalue weighted by atomic mass is 14.0. The average Bonchev–Trinajstić information content (AvgIpc) is 2.25. The first-order valence-electron chi connectivity index (χ1n) is 5.41. The normalized spacial score (nSPS) is 9.36. The Morgan fingerprint density at radius 1 is 0.929 bits per heavy atom. The number of aryl methyl sites for hydroxylation is 2. The molecule has 0 heteroatoms. The standard InChI is InChI=1S/C14H18/c1-4-7-8-14-10-12(5-2)9-13(6-3)11-14/h9-11H,4-6H2,1-3H3. The van der Waals surface area contributed by atoms with E-state index in [0.717, 1.165) is 19.3 Å². The second-order valence-electron chi connectivity index (χ2n) is 3.40. The highest BCUT2D eigenvalue weighted by molar-refractivity contribution is 5.40. The molecule has 0 aliphatic heterocycles. The highest BCUT2D eigenvalue weighted by Crippen LogP contribution is 2.11. The van der Waals surface area contributed by atoms with Gasteiger partial charge in [-0.05, 0) is 36.1 Å². The van der Waals surface area contributed by atoms with Gasteiger partial charge in [0.1, 0.15) is 0 Å². The van der Waals surface area contributed by atoms with Crippen LogP contribution in [0, 0.1) is 11.8 Å². The van der Waals surface area contributed by atoms with E-state index in [9.17, 15) is 0 Å². The number of hydrogen-bond acceptors (Lipinski definition) is 0. The Morgan fingerprint density at radius 2 is 1.50 bits per heavy atom. The molecule has 1 aromatic rings. The maximum atomic E-state index is 3.19. The Hall–Kier alpha value is -1.22. The van der Waals surface area contributed by atoms with Crippen LogP contribution in [0.25, 0.3) is 0 Å². The summed E-state index contributed by atoms with van der Waals surface area (Å²) in [5, 5.41) is 0. The Bertz CT molecular complexity index is 328. The van der Waals surface area contributed by atoms with Crippen LogP contribution in [-0.4, -0.2) is 0 Å². The van der Waals surface area contributed by atoms with Crippen molar-refractivity contribution in [2.24, 2.45) is 0 Å². The molecule has 0 spiro atoms. The largest absolute Gasteiger partial charge is 0.0982 e. The van der Waals surface area contributed by atoms with Gasteiger partial charge < -0.3 is 0 Å². The van der Waals surface area contributed by atoms with Gasteiger partial charge in [-0.3, -0.25) is 0 Å². The molecule has 0 bridgehead atoms. The fraction of sp³-hybridized carbons (Fsp3) is 0.429. The van der Waals surface area contributed by atoms with Gasteiger partial charge in [0.15, 0.2) is 0 Å². The molecule has 74 valence electrons. The van der Waals surface area contributed by atoms with Crippen LogP contribution in [0.1, 0.15) is 43.9 Å². The molecule has 14 heavy (non-hydrogen) atoms. The van der Waals surface area contributed by atoms with E-state index in [1.807, 2.05) is 0 Å². The van der Waals surface area contributed by atoms with Gasteiger partial charge in [-0.25, -0.2) is 0 Å². The lowest BCUT2D eigenvalue weighted by Gasteiger charge is -2.02. The lowest BCUT2D eigenvalue weighted by Crippen LogP contribution is -1.88. The Labute approximate surface area is 87.4 Å². The smallest absolute Gasteiger partial charge is 0.0250 e. The Balaban J connectivity index is 3.04. The number of rotatable bonds is 2. The van der Waals surface area contributed by atoms with Crippen molar-refractivity contribution >= 4 is 0 Å². The zero-order chi connectivity index (χ0) is 10.4. The summed E-state index contributed by atoms with van der Waals surface area (Å²) < 4.78 is 0. The summed E-state index contributed by atoms with van der Waals surface area (Å²) >= 11 is 0. The molecular weight excluding hydrogens is 168 g/mol. The number of hydrogen-bond donors (Lipinski definition) is 0. The third-order valence-corrected chi connectivity index (χ3v) is 2.28. The summed E-state index contributed by atoms with van der Waals surface area (Å²) in [5.41, 5.74) is 3.96. The molecule has 0 unspecified atom stereocenters. The first kappa shape index (κ1) is 10.9. The summed E-state index contributed by atoms with van der Waals surface area (Å²) in [4.78, 5) is 0. The van der Waals surface area contributed by atoms with Crippen LogP contribution < -0.4 is 0 Å². The predicted molar refractivity (Wildman–Crippen MR) is 62.4 cm³/mol. The Morgan fingerprint density at radius 3 is 1.93 bits per heavy atom. The zero-order valence-corrected chi connectivity index (χ0v) is 9.35. The molecule has 0 aliphatic rings. The van der Waals surface area contributed by atoms with Crippen molar-refractivity contribution < 1.29 is 0 Å². The topological polar surface area (TPSA) is 0 Å². The van der Waals surface area contributed by atoms with Crippen LogP contribution in [-0.2, 0) is 12.8 Å². The Kier molecular flexibility index (Phi) is 4.26. The van der Waals surface area contributed by atoms with E-state index in [0.29, 0.717) is 0 Å². The minimum absolute atomic E-state index is 0.928. The molecule has 0 amide bonds. The van der Waals surface area contributed by atoms with Crippen molar-refractivity contribution in [3.63, 3.8) is 0 Å². The zero-order valence-electron chi connectivity index (χ0n) is 9.35. The molecule has 1 aromatic carbocycles. The van der Waals surface area contributed by atoms with Crippen LogP contribution in [0.4, 0.5) is 0 Å². The van der Waals surface area contributed by atoms with Gasteiger partial charge in [0.2, 0.25) is 0 Å². The van der Waals surface area contributed by atoms with E-state index in [2.05, 4.69) is 50.8 Å². The maximum absolute atomic E-state index is 3.19. The molecule has 0 aliphatic carbocycles. The molecule has 0 saturated carbocycles. The van der Waals surface area contributed by atoms with Crippen LogP contribution >= 0.6 is 0 Å². The molecule has 0 heterocycles. The van der Waals surface area contributed by atoms with Crippen molar-refractivity contribution in [1.82, 2.24) is 0 Å². The summed E-state index contributed by atoms with van der Waals surface area (Å²) in [6.07, 6.45) is 3.11. The van der Waals surface area contributed by atoms with E-state index in [-0.39, 0.29) is 0 Å². The van der Waals surface area contributed by atoms with Gasteiger partial charge >= 0.3 is 0 Å². The second-order valence-corrected chi connectivity index (χ2v) is 3.40. The predicted octanol–water partition coefficient (Wildman–Crippen LogP) is 3.57. The molecule has 0 radical (unpaired) electrons.